The predicted octanol–water partition coefficient (Wildman–Crippen LogP) is 29.1. The molecule has 0 aliphatic heterocycles. The molecule has 0 nitrogen and oxygen atoms in total. The van der Waals surface area contributed by atoms with Crippen LogP contribution in [-0.2, 0) is 25.7 Å². The van der Waals surface area contributed by atoms with E-state index in [0.717, 1.165) is 25.7 Å². The Balaban J connectivity index is 1.13. The number of unbranched alkanes of at least 4 members (excludes halogenated alkanes) is 12. The van der Waals surface area contributed by atoms with Crippen molar-refractivity contribution in [2.45, 2.75) is 239 Å². The van der Waals surface area contributed by atoms with E-state index in [1.54, 1.807) is 22.3 Å². The molecule has 0 radical (unpaired) electrons. The second-order valence-corrected chi connectivity index (χ2v) is 30.1. The van der Waals surface area contributed by atoms with Gasteiger partial charge >= 0.3 is 0 Å². The molecule has 0 aliphatic rings. The molecule has 0 spiro atoms. The minimum atomic E-state index is 1.12. The fraction of sp³-hybridized carbons (Fsp3) is 0.375. The van der Waals surface area contributed by atoms with Crippen molar-refractivity contribution < 1.29 is 0 Å². The van der Waals surface area contributed by atoms with Gasteiger partial charge in [0.1, 0.15) is 0 Å². The quantitative estimate of drug-likeness (QED) is 0.0395. The first-order chi connectivity index (χ1) is 46.4. The zero-order chi connectivity index (χ0) is 67.6. The van der Waals surface area contributed by atoms with Crippen LogP contribution >= 0.6 is 0 Å². The summed E-state index contributed by atoms with van der Waals surface area (Å²) in [6.07, 6.45) is 24.7. The molecule has 0 fully saturated rings. The fourth-order valence-electron chi connectivity index (χ4n) is 17.8. The van der Waals surface area contributed by atoms with Gasteiger partial charge in [-0.1, -0.05) is 224 Å². The van der Waals surface area contributed by atoms with Gasteiger partial charge in [0.2, 0.25) is 0 Å². The largest absolute Gasteiger partial charge is 0.0654 e. The van der Waals surface area contributed by atoms with Crippen LogP contribution in [0.5, 0.6) is 0 Å². The van der Waals surface area contributed by atoms with Crippen molar-refractivity contribution >= 4 is 64.6 Å². The lowest BCUT2D eigenvalue weighted by Crippen LogP contribution is -2.02. The highest BCUT2D eigenvalue weighted by atomic mass is 14.3. The van der Waals surface area contributed by atoms with E-state index in [9.17, 15) is 0 Å². The van der Waals surface area contributed by atoms with Gasteiger partial charge < -0.3 is 0 Å². The molecule has 12 aromatic rings. The summed E-state index contributed by atoms with van der Waals surface area (Å²) in [4.78, 5) is 0. The minimum absolute atomic E-state index is 1.12. The van der Waals surface area contributed by atoms with Crippen LogP contribution in [0.25, 0.3) is 120 Å². The zero-order valence-electron chi connectivity index (χ0n) is 61.8. The molecule has 12 rings (SSSR count). The average molecular weight is 1260 g/mol. The molecule has 0 N–H and O–H groups in total. The first-order valence-electron chi connectivity index (χ1n) is 37.7. The Hall–Kier alpha value is -7.80. The van der Waals surface area contributed by atoms with Crippen LogP contribution < -0.4 is 0 Å². The van der Waals surface area contributed by atoms with Crippen molar-refractivity contribution in [2.24, 2.45) is 0 Å². The van der Waals surface area contributed by atoms with Crippen LogP contribution in [0.1, 0.15) is 219 Å². The van der Waals surface area contributed by atoms with Crippen LogP contribution in [0.3, 0.4) is 0 Å². The van der Waals surface area contributed by atoms with Crippen LogP contribution in [-0.4, -0.2) is 0 Å². The van der Waals surface area contributed by atoms with E-state index < -0.39 is 0 Å². The summed E-state index contributed by atoms with van der Waals surface area (Å²) in [6, 6.07) is 55.3. The molecule has 0 aliphatic carbocycles. The maximum Gasteiger partial charge on any atom is -0.00207 e. The lowest BCUT2D eigenvalue weighted by Gasteiger charge is -2.25. The molecular weight excluding hydrogens is 1150 g/mol. The van der Waals surface area contributed by atoms with E-state index in [4.69, 9.17) is 0 Å². The van der Waals surface area contributed by atoms with Crippen LogP contribution in [0.2, 0.25) is 0 Å². The fourth-order valence-corrected chi connectivity index (χ4v) is 17.8. The molecular formula is C96H110. The Morgan fingerprint density at radius 1 is 0.188 bits per heavy atom. The van der Waals surface area contributed by atoms with Gasteiger partial charge in [-0.15, -0.1) is 0 Å². The van der Waals surface area contributed by atoms with Gasteiger partial charge in [-0.2, -0.15) is 0 Å². The molecule has 0 saturated heterocycles. The third-order valence-corrected chi connectivity index (χ3v) is 22.0. The Bertz CT molecular complexity index is 4530. The van der Waals surface area contributed by atoms with Gasteiger partial charge in [-0.05, 0) is 358 Å². The SMILES string of the molecule is CCCCCCc1cc2c(-c3c(C)cc(C)cc3C)c3cc4ccc(-c5ccc6cc7c(-c8c(C)cc(C)cc8C)c8cc(CCCCCC)c(CCCCCC)cc8c(-c8c(C)cc(C)cc8C)c7cc6c5)cc4cc3c(-c3c(C)cc(C)cc3C)c2cc1CCCCCC. The van der Waals surface area contributed by atoms with Gasteiger partial charge in [0.15, 0.2) is 0 Å². The van der Waals surface area contributed by atoms with Gasteiger partial charge in [-0.25, -0.2) is 0 Å². The Kier molecular flexibility index (Phi) is 20.9. The predicted molar refractivity (Wildman–Crippen MR) is 427 cm³/mol. The highest BCUT2D eigenvalue weighted by Crippen LogP contribution is 2.52. The highest BCUT2D eigenvalue weighted by Gasteiger charge is 2.27. The van der Waals surface area contributed by atoms with E-state index in [1.165, 1.54) is 290 Å². The van der Waals surface area contributed by atoms with Gasteiger partial charge in [0.25, 0.3) is 0 Å². The lowest BCUT2D eigenvalue weighted by molar-refractivity contribution is 0.651. The summed E-state index contributed by atoms with van der Waals surface area (Å²) in [7, 11) is 0. The maximum atomic E-state index is 2.70. The van der Waals surface area contributed by atoms with Crippen molar-refractivity contribution in [3.05, 3.63) is 222 Å². The van der Waals surface area contributed by atoms with E-state index >= 15 is 0 Å². The Labute approximate surface area is 578 Å². The van der Waals surface area contributed by atoms with Gasteiger partial charge in [0, 0.05) is 0 Å². The van der Waals surface area contributed by atoms with Crippen LogP contribution in [0, 0.1) is 83.1 Å². The topological polar surface area (TPSA) is 0 Å². The first-order valence-corrected chi connectivity index (χ1v) is 37.7. The minimum Gasteiger partial charge on any atom is -0.0654 e. The summed E-state index contributed by atoms with van der Waals surface area (Å²) in [5, 5.41) is 16.1. The van der Waals surface area contributed by atoms with Crippen molar-refractivity contribution in [1.29, 1.82) is 0 Å². The molecule has 96 heavy (non-hydrogen) atoms. The van der Waals surface area contributed by atoms with E-state index in [2.05, 4.69) is 244 Å². The third kappa shape index (κ3) is 13.6. The number of fused-ring (bicyclic) bond motifs is 6. The number of benzene rings is 12. The Morgan fingerprint density at radius 3 is 0.615 bits per heavy atom. The van der Waals surface area contributed by atoms with Crippen molar-refractivity contribution in [2.75, 3.05) is 0 Å². The van der Waals surface area contributed by atoms with E-state index in [0.29, 0.717) is 0 Å². The molecule has 0 atom stereocenters. The molecule has 0 heteroatoms. The molecule has 0 amide bonds. The maximum absolute atomic E-state index is 2.70. The third-order valence-electron chi connectivity index (χ3n) is 22.0. The molecule has 494 valence electrons. The summed E-state index contributed by atoms with van der Waals surface area (Å²) in [5.74, 6) is 0. The molecule has 12 aromatic carbocycles. The summed E-state index contributed by atoms with van der Waals surface area (Å²) < 4.78 is 0. The average Bonchev–Trinajstić information content (AvgIpc) is 0.719. The first kappa shape index (κ1) is 68.2. The van der Waals surface area contributed by atoms with Crippen LogP contribution in [0.4, 0.5) is 0 Å². The van der Waals surface area contributed by atoms with Crippen LogP contribution in [0.15, 0.2) is 133 Å². The summed E-state index contributed by atoms with van der Waals surface area (Å²) in [6.45, 7) is 37.3. The monoisotopic (exact) mass is 1260 g/mol. The summed E-state index contributed by atoms with van der Waals surface area (Å²) in [5.41, 5.74) is 35.9. The van der Waals surface area contributed by atoms with Crippen molar-refractivity contribution in [1.82, 2.24) is 0 Å². The number of aryl methyl sites for hydroxylation is 16. The number of hydrogen-bond donors (Lipinski definition) is 0. The number of rotatable bonds is 25. The van der Waals surface area contributed by atoms with E-state index in [-0.39, 0.29) is 0 Å². The summed E-state index contributed by atoms with van der Waals surface area (Å²) >= 11 is 0. The standard InChI is InChI=1S/C96H110/c1-17-21-25-29-33-71-51-81-83(53-73(71)35-31-27-23-19-3)95(91-67(13)45-61(7)46-68(91)14)87-57-79-49-75(37-39-77(79)55-85(87)93(81)89-63(9)41-59(5)42-64(89)10)76-38-40-78-56-86-88(58-80(78)50-76)96(92-69(15)47-62(8)48-70(92)16)84-54-74(36-32-28-24-20-4)72(34-30-26-22-18-2)52-82(84)94(86)90-65(11)43-60(6)44-66(90)12/h37-58H,17-36H2,1-16H3. The molecule has 0 aromatic heterocycles. The van der Waals surface area contributed by atoms with Gasteiger partial charge in [0.05, 0.1) is 0 Å². The normalized spacial score (nSPS) is 12.0. The Morgan fingerprint density at radius 2 is 0.396 bits per heavy atom. The lowest BCUT2D eigenvalue weighted by atomic mass is 9.79. The second-order valence-electron chi connectivity index (χ2n) is 30.1. The van der Waals surface area contributed by atoms with Crippen molar-refractivity contribution in [3.8, 4) is 55.6 Å². The highest BCUT2D eigenvalue weighted by molar-refractivity contribution is 6.26. The molecule has 0 heterocycles. The molecule has 0 bridgehead atoms. The molecule has 0 saturated carbocycles. The van der Waals surface area contributed by atoms with Crippen molar-refractivity contribution in [3.63, 3.8) is 0 Å². The zero-order valence-corrected chi connectivity index (χ0v) is 61.8. The van der Waals surface area contributed by atoms with Gasteiger partial charge in [-0.3, -0.25) is 0 Å². The molecule has 0 unspecified atom stereocenters. The number of hydrogen-bond acceptors (Lipinski definition) is 0. The van der Waals surface area contributed by atoms with E-state index in [1.807, 2.05) is 0 Å². The second kappa shape index (κ2) is 29.5. The smallest absolute Gasteiger partial charge is 0.00207 e.